The lowest BCUT2D eigenvalue weighted by Gasteiger charge is -2.12. The van der Waals surface area contributed by atoms with Crippen LogP contribution in [-0.4, -0.2) is 24.3 Å². The van der Waals surface area contributed by atoms with Gasteiger partial charge in [0.15, 0.2) is 17.5 Å². The summed E-state index contributed by atoms with van der Waals surface area (Å²) in [4.78, 5) is 20.4. The lowest BCUT2D eigenvalue weighted by atomic mass is 9.93. The molecule has 4 heterocycles. The Labute approximate surface area is 374 Å². The number of imidazole rings is 1. The van der Waals surface area contributed by atoms with Gasteiger partial charge in [-0.3, -0.25) is 4.40 Å². The lowest BCUT2D eigenvalue weighted by Crippen LogP contribution is -2.00. The molecule has 0 fully saturated rings. The van der Waals surface area contributed by atoms with Crippen LogP contribution >= 0.6 is 11.3 Å². The highest BCUT2D eigenvalue weighted by Gasteiger charge is 2.20. The summed E-state index contributed by atoms with van der Waals surface area (Å²) in [6, 6.07) is 76.7. The van der Waals surface area contributed by atoms with Crippen molar-refractivity contribution in [2.45, 2.75) is 0 Å². The van der Waals surface area contributed by atoms with Gasteiger partial charge in [0.1, 0.15) is 5.65 Å². The molecule has 8 aromatic carbocycles. The minimum atomic E-state index is 0.638. The quantitative estimate of drug-likeness (QED) is 0.153. The Morgan fingerprint density at radius 3 is 1.58 bits per heavy atom. The summed E-state index contributed by atoms with van der Waals surface area (Å²) >= 11 is 1.78. The number of benzene rings is 8. The van der Waals surface area contributed by atoms with Crippen LogP contribution in [0.25, 0.3) is 116 Å². The van der Waals surface area contributed by atoms with E-state index in [1.807, 2.05) is 36.4 Å². The Hall–Kier alpha value is -8.32. The Bertz CT molecular complexity index is 3650. The van der Waals surface area contributed by atoms with Gasteiger partial charge in [0.05, 0.1) is 11.4 Å². The molecule has 0 atom stereocenters. The number of rotatable bonds is 8. The molecule has 12 aromatic rings. The third-order valence-corrected chi connectivity index (χ3v) is 13.0. The summed E-state index contributed by atoms with van der Waals surface area (Å²) in [5.74, 6) is 1.92. The van der Waals surface area contributed by atoms with E-state index in [0.717, 1.165) is 56.0 Å². The van der Waals surface area contributed by atoms with Crippen molar-refractivity contribution in [2.75, 3.05) is 0 Å². The van der Waals surface area contributed by atoms with E-state index in [2.05, 4.69) is 193 Å². The first-order chi connectivity index (χ1) is 31.7. The van der Waals surface area contributed by atoms with Crippen molar-refractivity contribution in [1.29, 1.82) is 0 Å². The molecular weight excluding hydrogens is 799 g/mol. The zero-order chi connectivity index (χ0) is 42.4. The van der Waals surface area contributed by atoms with Gasteiger partial charge in [-0.25, -0.2) is 19.9 Å². The van der Waals surface area contributed by atoms with Gasteiger partial charge < -0.3 is 0 Å². The summed E-state index contributed by atoms with van der Waals surface area (Å²) in [6.45, 7) is 0. The molecule has 0 bridgehead atoms. The number of hydrogen-bond acceptors (Lipinski definition) is 5. The summed E-state index contributed by atoms with van der Waals surface area (Å²) in [5.41, 5.74) is 15.0. The predicted octanol–water partition coefficient (Wildman–Crippen LogP) is 15.2. The largest absolute Gasteiger partial charge is 0.299 e. The van der Waals surface area contributed by atoms with Crippen molar-refractivity contribution >= 4 is 37.2 Å². The van der Waals surface area contributed by atoms with Crippen LogP contribution in [0.5, 0.6) is 0 Å². The summed E-state index contributed by atoms with van der Waals surface area (Å²) < 4.78 is 4.59. The molecule has 0 N–H and O–H groups in total. The van der Waals surface area contributed by atoms with Crippen molar-refractivity contribution in [1.82, 2.24) is 24.3 Å². The van der Waals surface area contributed by atoms with Crippen LogP contribution in [0, 0.1) is 0 Å². The minimum Gasteiger partial charge on any atom is -0.299 e. The Kier molecular flexibility index (Phi) is 9.28. The van der Waals surface area contributed by atoms with Crippen molar-refractivity contribution < 1.29 is 0 Å². The van der Waals surface area contributed by atoms with Crippen molar-refractivity contribution in [3.05, 3.63) is 225 Å². The first kappa shape index (κ1) is 37.4. The average molecular weight is 836 g/mol. The third-order valence-electron chi connectivity index (χ3n) is 11.9. The van der Waals surface area contributed by atoms with E-state index in [1.54, 1.807) is 11.3 Å². The van der Waals surface area contributed by atoms with E-state index in [-0.39, 0.29) is 0 Å². The molecule has 0 aliphatic carbocycles. The fraction of sp³-hybridized carbons (Fsp3) is 0. The molecule has 6 heteroatoms. The molecule has 5 nitrogen and oxygen atoms in total. The molecular formula is C58H37N5S. The van der Waals surface area contributed by atoms with Gasteiger partial charge in [-0.05, 0) is 69.8 Å². The molecule has 64 heavy (non-hydrogen) atoms. The second-order valence-electron chi connectivity index (χ2n) is 15.9. The molecule has 0 aliphatic rings. The van der Waals surface area contributed by atoms with E-state index in [4.69, 9.17) is 19.9 Å². The molecule has 0 spiro atoms. The fourth-order valence-electron chi connectivity index (χ4n) is 8.77. The Balaban J connectivity index is 0.941. The molecule has 0 radical (unpaired) electrons. The monoisotopic (exact) mass is 835 g/mol. The number of nitrogens with zero attached hydrogens (tertiary/aromatic N) is 5. The van der Waals surface area contributed by atoms with E-state index in [1.165, 1.54) is 42.4 Å². The summed E-state index contributed by atoms with van der Waals surface area (Å²) in [5, 5.41) is 2.38. The number of pyridine rings is 1. The van der Waals surface area contributed by atoms with Gasteiger partial charge in [-0.2, -0.15) is 0 Å². The maximum absolute atomic E-state index is 5.28. The highest BCUT2D eigenvalue weighted by atomic mass is 32.1. The average Bonchev–Trinajstić information content (AvgIpc) is 3.95. The van der Waals surface area contributed by atoms with E-state index >= 15 is 0 Å². The number of fused-ring (bicyclic) bond motifs is 4. The van der Waals surface area contributed by atoms with Crippen LogP contribution in [0.3, 0.4) is 0 Å². The number of aromatic nitrogens is 5. The van der Waals surface area contributed by atoms with Gasteiger partial charge >= 0.3 is 0 Å². The normalized spacial score (nSPS) is 11.4. The van der Waals surface area contributed by atoms with Crippen molar-refractivity contribution in [2.24, 2.45) is 0 Å². The molecule has 0 saturated heterocycles. The van der Waals surface area contributed by atoms with Crippen LogP contribution in [0.2, 0.25) is 0 Å². The molecule has 0 amide bonds. The molecule has 0 saturated carbocycles. The van der Waals surface area contributed by atoms with E-state index in [0.29, 0.717) is 17.5 Å². The SMILES string of the molecule is c1ccc(-c2ccc(-c3nc(-c4ccccc4)nc(-c4ccc5c(c4)sc4ccc(-c6nc7ccccn7c6-c6cccc(-c7ccccc7-c7ccccc7)c6)cc45)n3)cc2)cc1. The second-order valence-corrected chi connectivity index (χ2v) is 17.0. The molecule has 12 rings (SSSR count). The standard InChI is InChI=1S/C58H37N5S/c1-4-15-38(16-5-1)39-26-28-42(29-27-39)57-60-56(41-19-8-3-9-20-41)61-58(62-57)46-30-32-49-50-36-44(31-33-51(50)64-52(49)37-46)54-55(63-34-13-12-25-53(63)59-54)45-22-14-21-43(35-45)48-24-11-10-23-47(48)40-17-6-2-7-18-40/h1-37H. The van der Waals surface area contributed by atoms with Gasteiger partial charge in [0, 0.05) is 54.2 Å². The smallest absolute Gasteiger partial charge is 0.164 e. The topological polar surface area (TPSA) is 56.0 Å². The first-order valence-electron chi connectivity index (χ1n) is 21.4. The van der Waals surface area contributed by atoms with Crippen molar-refractivity contribution in [3.63, 3.8) is 0 Å². The first-order valence-corrected chi connectivity index (χ1v) is 22.2. The van der Waals surface area contributed by atoms with Gasteiger partial charge in [0.2, 0.25) is 0 Å². The number of thiophene rings is 1. The van der Waals surface area contributed by atoms with E-state index in [9.17, 15) is 0 Å². The fourth-order valence-corrected chi connectivity index (χ4v) is 9.89. The van der Waals surface area contributed by atoms with E-state index < -0.39 is 0 Å². The molecule has 0 aliphatic heterocycles. The molecule has 0 unspecified atom stereocenters. The maximum atomic E-state index is 5.28. The van der Waals surface area contributed by atoms with Gasteiger partial charge in [-0.1, -0.05) is 182 Å². The third kappa shape index (κ3) is 6.83. The predicted molar refractivity (Wildman–Crippen MR) is 265 cm³/mol. The minimum absolute atomic E-state index is 0.638. The Morgan fingerprint density at radius 2 is 0.844 bits per heavy atom. The second kappa shape index (κ2) is 15.9. The van der Waals surface area contributed by atoms with Crippen LogP contribution in [0.4, 0.5) is 0 Å². The van der Waals surface area contributed by atoms with Crippen LogP contribution in [0.15, 0.2) is 225 Å². The van der Waals surface area contributed by atoms with Gasteiger partial charge in [-0.15, -0.1) is 11.3 Å². The number of hydrogen-bond donors (Lipinski definition) is 0. The lowest BCUT2D eigenvalue weighted by molar-refractivity contribution is 1.07. The zero-order valence-electron chi connectivity index (χ0n) is 34.5. The molecule has 4 aromatic heterocycles. The van der Waals surface area contributed by atoms with Crippen LogP contribution in [0.1, 0.15) is 0 Å². The highest BCUT2D eigenvalue weighted by molar-refractivity contribution is 7.25. The van der Waals surface area contributed by atoms with Crippen molar-refractivity contribution in [3.8, 4) is 90.1 Å². The van der Waals surface area contributed by atoms with Gasteiger partial charge in [0.25, 0.3) is 0 Å². The van der Waals surface area contributed by atoms with Crippen LogP contribution < -0.4 is 0 Å². The zero-order valence-corrected chi connectivity index (χ0v) is 35.3. The highest BCUT2D eigenvalue weighted by Crippen LogP contribution is 2.42. The molecule has 300 valence electrons. The maximum Gasteiger partial charge on any atom is 0.164 e. The Morgan fingerprint density at radius 1 is 0.312 bits per heavy atom. The summed E-state index contributed by atoms with van der Waals surface area (Å²) in [6.07, 6.45) is 2.11. The summed E-state index contributed by atoms with van der Waals surface area (Å²) in [7, 11) is 0. The van der Waals surface area contributed by atoms with Crippen LogP contribution in [-0.2, 0) is 0 Å².